The van der Waals surface area contributed by atoms with E-state index in [4.69, 9.17) is 4.74 Å². The predicted molar refractivity (Wildman–Crippen MR) is 49.1 cm³/mol. The van der Waals surface area contributed by atoms with Crippen LogP contribution in [0.25, 0.3) is 0 Å². The topological polar surface area (TPSA) is 46.5 Å². The van der Waals surface area contributed by atoms with Gasteiger partial charge in [0.05, 0.1) is 18.1 Å². The molecule has 0 fully saturated rings. The van der Waals surface area contributed by atoms with Gasteiger partial charge in [-0.1, -0.05) is 12.2 Å². The smallest absolute Gasteiger partial charge is 0.309 e. The molecule has 0 spiro atoms. The molecular formula is C10H16O3. The van der Waals surface area contributed by atoms with Crippen LogP contribution in [0.15, 0.2) is 12.2 Å². The van der Waals surface area contributed by atoms with E-state index in [2.05, 4.69) is 0 Å². The summed E-state index contributed by atoms with van der Waals surface area (Å²) >= 11 is 0. The zero-order chi connectivity index (χ0) is 9.84. The summed E-state index contributed by atoms with van der Waals surface area (Å²) in [5, 5.41) is 9.27. The number of carbonyl (C=O) groups excluding carboxylic acids is 1. The average molecular weight is 184 g/mol. The van der Waals surface area contributed by atoms with Crippen LogP contribution >= 0.6 is 0 Å². The maximum Gasteiger partial charge on any atom is 0.309 e. The van der Waals surface area contributed by atoms with Crippen LogP contribution in [0.1, 0.15) is 26.7 Å². The van der Waals surface area contributed by atoms with Crippen LogP contribution in [0.2, 0.25) is 0 Å². The van der Waals surface area contributed by atoms with Crippen LogP contribution in [0, 0.1) is 5.92 Å². The first kappa shape index (κ1) is 10.3. The number of aliphatic hydroxyl groups excluding tert-OH is 1. The fraction of sp³-hybridized carbons (Fsp3) is 0.700. The number of carbonyl (C=O) groups is 1. The summed E-state index contributed by atoms with van der Waals surface area (Å²) in [5.41, 5.74) is 0. The lowest BCUT2D eigenvalue weighted by molar-refractivity contribution is -0.153. The molecule has 3 nitrogen and oxygen atoms in total. The van der Waals surface area contributed by atoms with Crippen molar-refractivity contribution in [3.8, 4) is 0 Å². The fourth-order valence-corrected chi connectivity index (χ4v) is 1.39. The third kappa shape index (κ3) is 3.19. The van der Waals surface area contributed by atoms with Crippen LogP contribution in [0.3, 0.4) is 0 Å². The van der Waals surface area contributed by atoms with Crippen molar-refractivity contribution >= 4 is 5.97 Å². The summed E-state index contributed by atoms with van der Waals surface area (Å²) < 4.78 is 5.05. The molecule has 2 atom stereocenters. The fourth-order valence-electron chi connectivity index (χ4n) is 1.39. The normalized spacial score (nSPS) is 27.7. The predicted octanol–water partition coefficient (Wildman–Crippen LogP) is 1.27. The van der Waals surface area contributed by atoms with Crippen molar-refractivity contribution < 1.29 is 14.6 Å². The molecular weight excluding hydrogens is 168 g/mol. The van der Waals surface area contributed by atoms with Gasteiger partial charge in [-0.3, -0.25) is 4.79 Å². The van der Waals surface area contributed by atoms with E-state index in [0.717, 1.165) is 0 Å². The Morgan fingerprint density at radius 1 is 1.62 bits per heavy atom. The first-order chi connectivity index (χ1) is 6.09. The molecule has 0 aromatic heterocycles. The molecule has 1 rings (SSSR count). The highest BCUT2D eigenvalue weighted by molar-refractivity contribution is 5.73. The molecule has 0 saturated heterocycles. The molecule has 0 amide bonds. The zero-order valence-corrected chi connectivity index (χ0v) is 8.06. The Hall–Kier alpha value is -0.830. The summed E-state index contributed by atoms with van der Waals surface area (Å²) in [4.78, 5) is 11.4. The number of esters is 1. The van der Waals surface area contributed by atoms with Crippen LogP contribution < -0.4 is 0 Å². The van der Waals surface area contributed by atoms with Gasteiger partial charge >= 0.3 is 5.97 Å². The van der Waals surface area contributed by atoms with E-state index in [9.17, 15) is 9.90 Å². The Labute approximate surface area is 78.4 Å². The SMILES string of the molecule is CC(C)OC(=O)C1CC=CC(O)C1. The second-order valence-electron chi connectivity index (χ2n) is 3.65. The Bertz CT molecular complexity index is 208. The van der Waals surface area contributed by atoms with Crippen molar-refractivity contribution in [3.05, 3.63) is 12.2 Å². The lowest BCUT2D eigenvalue weighted by Gasteiger charge is -2.21. The summed E-state index contributed by atoms with van der Waals surface area (Å²) in [6.07, 6.45) is 4.17. The van der Waals surface area contributed by atoms with Crippen molar-refractivity contribution in [1.82, 2.24) is 0 Å². The number of allylic oxidation sites excluding steroid dienone is 1. The van der Waals surface area contributed by atoms with Crippen molar-refractivity contribution in [3.63, 3.8) is 0 Å². The highest BCUT2D eigenvalue weighted by Crippen LogP contribution is 2.20. The van der Waals surface area contributed by atoms with Gasteiger partial charge in [-0.15, -0.1) is 0 Å². The number of rotatable bonds is 2. The van der Waals surface area contributed by atoms with Crippen molar-refractivity contribution in [2.45, 2.75) is 38.9 Å². The molecule has 3 heteroatoms. The summed E-state index contributed by atoms with van der Waals surface area (Å²) in [5.74, 6) is -0.360. The second-order valence-corrected chi connectivity index (χ2v) is 3.65. The third-order valence-electron chi connectivity index (χ3n) is 1.99. The Morgan fingerprint density at radius 2 is 2.31 bits per heavy atom. The van der Waals surface area contributed by atoms with E-state index in [1.807, 2.05) is 19.9 Å². The van der Waals surface area contributed by atoms with E-state index < -0.39 is 6.10 Å². The van der Waals surface area contributed by atoms with Gasteiger partial charge in [0.2, 0.25) is 0 Å². The van der Waals surface area contributed by atoms with E-state index in [-0.39, 0.29) is 18.0 Å². The van der Waals surface area contributed by atoms with Crippen LogP contribution in [0.5, 0.6) is 0 Å². The maximum absolute atomic E-state index is 11.4. The number of aliphatic hydroxyl groups is 1. The highest BCUT2D eigenvalue weighted by atomic mass is 16.5. The molecule has 0 aliphatic heterocycles. The largest absolute Gasteiger partial charge is 0.463 e. The molecule has 0 heterocycles. The van der Waals surface area contributed by atoms with E-state index >= 15 is 0 Å². The van der Waals surface area contributed by atoms with Crippen LogP contribution in [0.4, 0.5) is 0 Å². The van der Waals surface area contributed by atoms with E-state index in [0.29, 0.717) is 12.8 Å². The second kappa shape index (κ2) is 4.42. The van der Waals surface area contributed by atoms with Gasteiger partial charge in [-0.05, 0) is 26.7 Å². The Morgan fingerprint density at radius 3 is 2.85 bits per heavy atom. The van der Waals surface area contributed by atoms with Gasteiger partial charge in [0.15, 0.2) is 0 Å². The molecule has 2 unspecified atom stereocenters. The first-order valence-electron chi connectivity index (χ1n) is 4.65. The lowest BCUT2D eigenvalue weighted by atomic mass is 9.93. The van der Waals surface area contributed by atoms with Gasteiger partial charge in [-0.25, -0.2) is 0 Å². The van der Waals surface area contributed by atoms with Crippen LogP contribution in [-0.2, 0) is 9.53 Å². The Kier molecular flexibility index (Phi) is 3.48. The number of hydrogen-bond acceptors (Lipinski definition) is 3. The molecule has 1 N–H and O–H groups in total. The van der Waals surface area contributed by atoms with Crippen LogP contribution in [-0.4, -0.2) is 23.3 Å². The van der Waals surface area contributed by atoms with Gasteiger partial charge in [0, 0.05) is 0 Å². The summed E-state index contributed by atoms with van der Waals surface area (Å²) in [6, 6.07) is 0. The number of hydrogen-bond donors (Lipinski definition) is 1. The summed E-state index contributed by atoms with van der Waals surface area (Å²) in [7, 11) is 0. The molecule has 0 saturated carbocycles. The third-order valence-corrected chi connectivity index (χ3v) is 1.99. The van der Waals surface area contributed by atoms with Crippen molar-refractivity contribution in [1.29, 1.82) is 0 Å². The highest BCUT2D eigenvalue weighted by Gasteiger charge is 2.24. The van der Waals surface area contributed by atoms with Crippen molar-refractivity contribution in [2.24, 2.45) is 5.92 Å². The van der Waals surface area contributed by atoms with E-state index in [1.54, 1.807) is 6.08 Å². The molecule has 74 valence electrons. The van der Waals surface area contributed by atoms with Gasteiger partial charge in [0.25, 0.3) is 0 Å². The van der Waals surface area contributed by atoms with Gasteiger partial charge in [0.1, 0.15) is 0 Å². The molecule has 0 bridgehead atoms. The van der Waals surface area contributed by atoms with E-state index in [1.165, 1.54) is 0 Å². The minimum Gasteiger partial charge on any atom is -0.463 e. The minimum atomic E-state index is -0.488. The zero-order valence-electron chi connectivity index (χ0n) is 8.06. The standard InChI is InChI=1S/C10H16O3/c1-7(2)13-10(12)8-4-3-5-9(11)6-8/h3,5,7-9,11H,4,6H2,1-2H3. The molecule has 0 aromatic rings. The summed E-state index contributed by atoms with van der Waals surface area (Å²) in [6.45, 7) is 3.65. The molecule has 0 aromatic carbocycles. The van der Waals surface area contributed by atoms with Gasteiger partial charge < -0.3 is 9.84 Å². The number of ether oxygens (including phenoxy) is 1. The lowest BCUT2D eigenvalue weighted by Crippen LogP contribution is -2.26. The molecule has 0 radical (unpaired) electrons. The molecule has 1 aliphatic rings. The van der Waals surface area contributed by atoms with Gasteiger partial charge in [-0.2, -0.15) is 0 Å². The monoisotopic (exact) mass is 184 g/mol. The van der Waals surface area contributed by atoms with Crippen molar-refractivity contribution in [2.75, 3.05) is 0 Å². The molecule has 13 heavy (non-hydrogen) atoms. The average Bonchev–Trinajstić information content (AvgIpc) is 2.03. The first-order valence-corrected chi connectivity index (χ1v) is 4.65. The Balaban J connectivity index is 2.44. The minimum absolute atomic E-state index is 0.0736. The quantitative estimate of drug-likeness (QED) is 0.519. The maximum atomic E-state index is 11.4. The molecule has 1 aliphatic carbocycles.